The summed E-state index contributed by atoms with van der Waals surface area (Å²) in [5.41, 5.74) is 0. The minimum atomic E-state index is -0.495. The first kappa shape index (κ1) is 6.58. The van der Waals surface area contributed by atoms with Crippen LogP contribution < -0.4 is 0 Å². The van der Waals surface area contributed by atoms with Crippen molar-refractivity contribution in [2.75, 3.05) is 13.1 Å². The summed E-state index contributed by atoms with van der Waals surface area (Å²) in [6, 6.07) is 0.259. The lowest BCUT2D eigenvalue weighted by molar-refractivity contribution is 0.0394. The number of nitrogens with zero attached hydrogens (tertiary/aromatic N) is 1. The predicted octanol–water partition coefficient (Wildman–Crippen LogP) is -0.814. The summed E-state index contributed by atoms with van der Waals surface area (Å²) in [5, 5.41) is 18.6. The SMILES string of the molecule is O[C@@H]1[C@H]2CCCN2C[C@@H]1O. The van der Waals surface area contributed by atoms with Gasteiger partial charge in [-0.3, -0.25) is 4.90 Å². The van der Waals surface area contributed by atoms with Crippen molar-refractivity contribution in [3.63, 3.8) is 0 Å². The largest absolute Gasteiger partial charge is 0.389 e. The normalized spacial score (nSPS) is 48.0. The Morgan fingerprint density at radius 3 is 2.80 bits per heavy atom. The molecule has 58 valence electrons. The second-order valence-corrected chi connectivity index (χ2v) is 3.26. The van der Waals surface area contributed by atoms with Gasteiger partial charge >= 0.3 is 0 Å². The lowest BCUT2D eigenvalue weighted by atomic mass is 10.1. The molecular weight excluding hydrogens is 130 g/mol. The molecule has 2 saturated heterocycles. The second kappa shape index (κ2) is 2.19. The fourth-order valence-electron chi connectivity index (χ4n) is 2.07. The highest BCUT2D eigenvalue weighted by molar-refractivity contribution is 4.96. The molecule has 3 nitrogen and oxygen atoms in total. The number of hydrogen-bond donors (Lipinski definition) is 2. The predicted molar refractivity (Wildman–Crippen MR) is 36.6 cm³/mol. The van der Waals surface area contributed by atoms with E-state index in [9.17, 15) is 10.2 Å². The lowest BCUT2D eigenvalue weighted by Gasteiger charge is -2.14. The second-order valence-electron chi connectivity index (χ2n) is 3.26. The van der Waals surface area contributed by atoms with E-state index in [2.05, 4.69) is 4.90 Å². The molecule has 0 aromatic carbocycles. The summed E-state index contributed by atoms with van der Waals surface area (Å²) >= 11 is 0. The van der Waals surface area contributed by atoms with E-state index < -0.39 is 12.2 Å². The number of aliphatic hydroxyl groups is 2. The maximum absolute atomic E-state index is 9.38. The van der Waals surface area contributed by atoms with E-state index in [0.717, 1.165) is 13.0 Å². The Kier molecular flexibility index (Phi) is 1.44. The van der Waals surface area contributed by atoms with Crippen LogP contribution >= 0.6 is 0 Å². The van der Waals surface area contributed by atoms with Crippen molar-refractivity contribution in [3.05, 3.63) is 0 Å². The summed E-state index contributed by atoms with van der Waals surface area (Å²) in [6.45, 7) is 1.73. The van der Waals surface area contributed by atoms with Crippen LogP contribution in [0.25, 0.3) is 0 Å². The van der Waals surface area contributed by atoms with Gasteiger partial charge in [0.05, 0.1) is 12.2 Å². The van der Waals surface area contributed by atoms with Crippen molar-refractivity contribution in [1.82, 2.24) is 4.90 Å². The Balaban J connectivity index is 2.09. The monoisotopic (exact) mass is 143 g/mol. The van der Waals surface area contributed by atoms with Crippen LogP contribution in [0.5, 0.6) is 0 Å². The molecule has 0 unspecified atom stereocenters. The molecule has 0 amide bonds. The molecule has 0 bridgehead atoms. The third-order valence-electron chi connectivity index (χ3n) is 2.62. The fraction of sp³-hybridized carbons (Fsp3) is 1.00. The number of hydrogen-bond acceptors (Lipinski definition) is 3. The van der Waals surface area contributed by atoms with Crippen LogP contribution in [0.3, 0.4) is 0 Å². The van der Waals surface area contributed by atoms with Crippen LogP contribution in [0.4, 0.5) is 0 Å². The molecule has 0 aromatic heterocycles. The first-order valence-electron chi connectivity index (χ1n) is 3.89. The highest BCUT2D eigenvalue weighted by Crippen LogP contribution is 2.27. The summed E-state index contributed by atoms with van der Waals surface area (Å²) in [5.74, 6) is 0. The molecule has 0 spiro atoms. The molecule has 2 aliphatic rings. The minimum Gasteiger partial charge on any atom is -0.389 e. The van der Waals surface area contributed by atoms with Gasteiger partial charge < -0.3 is 10.2 Å². The third kappa shape index (κ3) is 0.779. The molecule has 2 N–H and O–H groups in total. The zero-order chi connectivity index (χ0) is 7.14. The molecule has 0 aliphatic carbocycles. The Bertz CT molecular complexity index is 138. The van der Waals surface area contributed by atoms with Gasteiger partial charge in [0.25, 0.3) is 0 Å². The molecule has 0 aromatic rings. The minimum absolute atomic E-state index is 0.259. The summed E-state index contributed by atoms with van der Waals surface area (Å²) in [4.78, 5) is 2.18. The van der Waals surface area contributed by atoms with Gasteiger partial charge in [0, 0.05) is 12.6 Å². The van der Waals surface area contributed by atoms with Crippen molar-refractivity contribution < 1.29 is 10.2 Å². The van der Waals surface area contributed by atoms with Crippen molar-refractivity contribution in [2.45, 2.75) is 31.1 Å². The van der Waals surface area contributed by atoms with Crippen LogP contribution in [-0.4, -0.2) is 46.5 Å². The van der Waals surface area contributed by atoms with Gasteiger partial charge in [-0.15, -0.1) is 0 Å². The van der Waals surface area contributed by atoms with Crippen molar-refractivity contribution in [1.29, 1.82) is 0 Å². The highest BCUT2D eigenvalue weighted by atomic mass is 16.3. The Morgan fingerprint density at radius 1 is 1.30 bits per heavy atom. The van der Waals surface area contributed by atoms with Crippen LogP contribution in [-0.2, 0) is 0 Å². The van der Waals surface area contributed by atoms with Crippen molar-refractivity contribution in [3.8, 4) is 0 Å². The number of fused-ring (bicyclic) bond motifs is 1. The molecule has 3 atom stereocenters. The topological polar surface area (TPSA) is 43.7 Å². The zero-order valence-corrected chi connectivity index (χ0v) is 5.90. The van der Waals surface area contributed by atoms with Gasteiger partial charge in [-0.25, -0.2) is 0 Å². The molecule has 2 rings (SSSR count). The summed E-state index contributed by atoms with van der Waals surface area (Å²) in [6.07, 6.45) is 1.25. The number of aliphatic hydroxyl groups excluding tert-OH is 2. The van der Waals surface area contributed by atoms with Gasteiger partial charge in [0.1, 0.15) is 0 Å². The van der Waals surface area contributed by atoms with E-state index in [-0.39, 0.29) is 6.04 Å². The maximum Gasteiger partial charge on any atom is 0.0966 e. The Morgan fingerprint density at radius 2 is 2.10 bits per heavy atom. The van der Waals surface area contributed by atoms with E-state index in [1.165, 1.54) is 6.42 Å². The van der Waals surface area contributed by atoms with E-state index in [1.54, 1.807) is 0 Å². The quantitative estimate of drug-likeness (QED) is 0.466. The third-order valence-corrected chi connectivity index (χ3v) is 2.62. The molecule has 0 radical (unpaired) electrons. The van der Waals surface area contributed by atoms with Gasteiger partial charge in [-0.2, -0.15) is 0 Å². The van der Waals surface area contributed by atoms with Crippen LogP contribution in [0.15, 0.2) is 0 Å². The molecule has 10 heavy (non-hydrogen) atoms. The fourth-order valence-corrected chi connectivity index (χ4v) is 2.07. The number of rotatable bonds is 0. The summed E-state index contributed by atoms with van der Waals surface area (Å²) < 4.78 is 0. The Labute approximate surface area is 60.3 Å². The smallest absolute Gasteiger partial charge is 0.0966 e. The average molecular weight is 143 g/mol. The standard InChI is InChI=1S/C7H13NO2/c9-6-4-8-3-1-2-5(8)7(6)10/h5-7,9-10H,1-4H2/t5-,6+,7-/m1/s1. The van der Waals surface area contributed by atoms with Crippen LogP contribution in [0, 0.1) is 0 Å². The van der Waals surface area contributed by atoms with Gasteiger partial charge in [0.2, 0.25) is 0 Å². The average Bonchev–Trinajstić information content (AvgIpc) is 2.41. The van der Waals surface area contributed by atoms with E-state index in [0.29, 0.717) is 6.54 Å². The molecular formula is C7H13NO2. The lowest BCUT2D eigenvalue weighted by Crippen LogP contribution is -2.30. The first-order chi connectivity index (χ1) is 4.79. The van der Waals surface area contributed by atoms with Crippen LogP contribution in [0.2, 0.25) is 0 Å². The van der Waals surface area contributed by atoms with Crippen molar-refractivity contribution in [2.24, 2.45) is 0 Å². The zero-order valence-electron chi connectivity index (χ0n) is 5.90. The first-order valence-corrected chi connectivity index (χ1v) is 3.89. The van der Waals surface area contributed by atoms with E-state index in [1.807, 2.05) is 0 Å². The maximum atomic E-state index is 9.38. The molecule has 2 fully saturated rings. The molecule has 2 aliphatic heterocycles. The van der Waals surface area contributed by atoms with E-state index in [4.69, 9.17) is 0 Å². The van der Waals surface area contributed by atoms with Crippen molar-refractivity contribution >= 4 is 0 Å². The Hall–Kier alpha value is -0.120. The van der Waals surface area contributed by atoms with Gasteiger partial charge in [0.15, 0.2) is 0 Å². The molecule has 2 heterocycles. The highest BCUT2D eigenvalue weighted by Gasteiger charge is 2.41. The molecule has 0 saturated carbocycles. The summed E-state index contributed by atoms with van der Waals surface area (Å²) in [7, 11) is 0. The molecule has 3 heteroatoms. The van der Waals surface area contributed by atoms with Gasteiger partial charge in [-0.05, 0) is 19.4 Å². The van der Waals surface area contributed by atoms with Gasteiger partial charge in [-0.1, -0.05) is 0 Å². The van der Waals surface area contributed by atoms with E-state index >= 15 is 0 Å². The van der Waals surface area contributed by atoms with Crippen LogP contribution in [0.1, 0.15) is 12.8 Å².